The molecule has 4 nitrogen and oxygen atoms in total. The molecule has 16 heavy (non-hydrogen) atoms. The van der Waals surface area contributed by atoms with Crippen LogP contribution in [0, 0.1) is 5.92 Å². The quantitative estimate of drug-likeness (QED) is 0.746. The van der Waals surface area contributed by atoms with Gasteiger partial charge in [0.2, 0.25) is 5.91 Å². The van der Waals surface area contributed by atoms with E-state index in [1.807, 2.05) is 17.5 Å². The zero-order valence-corrected chi connectivity index (χ0v) is 9.83. The highest BCUT2D eigenvalue weighted by molar-refractivity contribution is 7.09. The van der Waals surface area contributed by atoms with E-state index in [1.165, 1.54) is 7.11 Å². The minimum Gasteiger partial charge on any atom is -0.469 e. The summed E-state index contributed by atoms with van der Waals surface area (Å²) in [5, 5.41) is 1.98. The van der Waals surface area contributed by atoms with Crippen LogP contribution >= 0.6 is 11.3 Å². The highest BCUT2D eigenvalue weighted by Crippen LogP contribution is 2.22. The third kappa shape index (κ3) is 2.24. The molecule has 86 valence electrons. The fourth-order valence-electron chi connectivity index (χ4n) is 1.84. The molecule has 0 radical (unpaired) electrons. The summed E-state index contributed by atoms with van der Waals surface area (Å²) in [5.74, 6) is -0.553. The van der Waals surface area contributed by atoms with E-state index >= 15 is 0 Å². The van der Waals surface area contributed by atoms with Crippen LogP contribution in [0.25, 0.3) is 0 Å². The predicted octanol–water partition coefficient (Wildman–Crippen LogP) is 1.27. The van der Waals surface area contributed by atoms with Crippen LogP contribution in [0.4, 0.5) is 0 Å². The van der Waals surface area contributed by atoms with Gasteiger partial charge in [-0.15, -0.1) is 11.3 Å². The van der Waals surface area contributed by atoms with Crippen molar-refractivity contribution in [2.24, 2.45) is 5.92 Å². The molecule has 0 saturated carbocycles. The van der Waals surface area contributed by atoms with Gasteiger partial charge in [0.15, 0.2) is 0 Å². The first kappa shape index (κ1) is 11.1. The summed E-state index contributed by atoms with van der Waals surface area (Å²) in [7, 11) is 1.36. The normalized spacial score (nSPS) is 20.2. The van der Waals surface area contributed by atoms with Crippen molar-refractivity contribution in [3.8, 4) is 0 Å². The van der Waals surface area contributed by atoms with Crippen molar-refractivity contribution in [2.45, 2.75) is 13.0 Å². The van der Waals surface area contributed by atoms with Gasteiger partial charge in [-0.2, -0.15) is 0 Å². The number of hydrogen-bond donors (Lipinski definition) is 0. The lowest BCUT2D eigenvalue weighted by Gasteiger charge is -2.14. The molecule has 0 N–H and O–H groups in total. The SMILES string of the molecule is COC(=O)[C@H]1CC(=O)N(Cc2cccs2)C1. The smallest absolute Gasteiger partial charge is 0.310 e. The number of likely N-dealkylation sites (tertiary alicyclic amines) is 1. The van der Waals surface area contributed by atoms with Gasteiger partial charge in [0.05, 0.1) is 19.6 Å². The van der Waals surface area contributed by atoms with Gasteiger partial charge in [-0.25, -0.2) is 0 Å². The monoisotopic (exact) mass is 239 g/mol. The molecule has 0 unspecified atom stereocenters. The Morgan fingerprint density at radius 3 is 3.12 bits per heavy atom. The Morgan fingerprint density at radius 2 is 2.50 bits per heavy atom. The number of rotatable bonds is 3. The number of esters is 1. The van der Waals surface area contributed by atoms with E-state index in [9.17, 15) is 9.59 Å². The molecule has 0 aromatic carbocycles. The number of thiophene rings is 1. The van der Waals surface area contributed by atoms with Gasteiger partial charge in [0.25, 0.3) is 0 Å². The highest BCUT2D eigenvalue weighted by Gasteiger charge is 2.34. The molecule has 1 aliphatic rings. The Bertz CT molecular complexity index is 388. The molecular weight excluding hydrogens is 226 g/mol. The zero-order chi connectivity index (χ0) is 11.5. The maximum absolute atomic E-state index is 11.7. The Balaban J connectivity index is 1.97. The standard InChI is InChI=1S/C11H13NO3S/c1-15-11(14)8-5-10(13)12(6-8)7-9-3-2-4-16-9/h2-4,8H,5-7H2,1H3/t8-/m0/s1. The lowest BCUT2D eigenvalue weighted by Crippen LogP contribution is -2.25. The molecule has 1 aromatic rings. The average molecular weight is 239 g/mol. The van der Waals surface area contributed by atoms with Gasteiger partial charge >= 0.3 is 5.97 Å². The zero-order valence-electron chi connectivity index (χ0n) is 9.01. The maximum atomic E-state index is 11.7. The first-order chi connectivity index (χ1) is 7.70. The summed E-state index contributed by atoms with van der Waals surface area (Å²) in [6.45, 7) is 1.08. The van der Waals surface area contributed by atoms with Crippen molar-refractivity contribution in [3.05, 3.63) is 22.4 Å². The number of nitrogens with zero attached hydrogens (tertiary/aromatic N) is 1. The number of carbonyl (C=O) groups is 2. The first-order valence-electron chi connectivity index (χ1n) is 5.08. The highest BCUT2D eigenvalue weighted by atomic mass is 32.1. The molecule has 1 fully saturated rings. The van der Waals surface area contributed by atoms with Crippen molar-refractivity contribution in [1.29, 1.82) is 0 Å². The van der Waals surface area contributed by atoms with Gasteiger partial charge < -0.3 is 9.64 Å². The molecule has 2 heterocycles. The average Bonchev–Trinajstić information content (AvgIpc) is 2.89. The molecule has 1 aromatic heterocycles. The topological polar surface area (TPSA) is 46.6 Å². The Hall–Kier alpha value is -1.36. The minimum atomic E-state index is -0.294. The summed E-state index contributed by atoms with van der Waals surface area (Å²) in [4.78, 5) is 25.8. The molecule has 0 aliphatic carbocycles. The van der Waals surface area contributed by atoms with Crippen molar-refractivity contribution in [1.82, 2.24) is 4.90 Å². The molecule has 2 rings (SSSR count). The second kappa shape index (κ2) is 4.65. The predicted molar refractivity (Wildman–Crippen MR) is 59.9 cm³/mol. The summed E-state index contributed by atoms with van der Waals surface area (Å²) in [5.41, 5.74) is 0. The number of hydrogen-bond acceptors (Lipinski definition) is 4. The first-order valence-corrected chi connectivity index (χ1v) is 5.96. The van der Waals surface area contributed by atoms with Gasteiger partial charge in [-0.1, -0.05) is 6.07 Å². The lowest BCUT2D eigenvalue weighted by atomic mass is 10.1. The molecule has 1 atom stereocenters. The number of ether oxygens (including phenoxy) is 1. The van der Waals surface area contributed by atoms with E-state index in [0.29, 0.717) is 13.1 Å². The molecule has 1 aliphatic heterocycles. The van der Waals surface area contributed by atoms with E-state index in [2.05, 4.69) is 4.74 Å². The van der Waals surface area contributed by atoms with Crippen LogP contribution in [0.15, 0.2) is 17.5 Å². The van der Waals surface area contributed by atoms with Gasteiger partial charge in [0, 0.05) is 17.8 Å². The van der Waals surface area contributed by atoms with Gasteiger partial charge in [0.1, 0.15) is 0 Å². The maximum Gasteiger partial charge on any atom is 0.310 e. The molecule has 0 bridgehead atoms. The number of carbonyl (C=O) groups excluding carboxylic acids is 2. The minimum absolute atomic E-state index is 0.0313. The molecule has 1 amide bonds. The third-order valence-electron chi connectivity index (χ3n) is 2.68. The van der Waals surface area contributed by atoms with Crippen LogP contribution in [0.2, 0.25) is 0 Å². The summed E-state index contributed by atoms with van der Waals surface area (Å²) in [6.07, 6.45) is 0.276. The van der Waals surface area contributed by atoms with E-state index in [0.717, 1.165) is 4.88 Å². The number of methoxy groups -OCH3 is 1. The van der Waals surface area contributed by atoms with Crippen LogP contribution in [-0.2, 0) is 20.9 Å². The van der Waals surface area contributed by atoms with Gasteiger partial charge in [-0.05, 0) is 11.4 Å². The third-order valence-corrected chi connectivity index (χ3v) is 3.54. The Labute approximate surface area is 97.8 Å². The van der Waals surface area contributed by atoms with Crippen LogP contribution < -0.4 is 0 Å². The second-order valence-electron chi connectivity index (χ2n) is 3.78. The van der Waals surface area contributed by atoms with Gasteiger partial charge in [-0.3, -0.25) is 9.59 Å². The number of amides is 1. The summed E-state index contributed by atoms with van der Waals surface area (Å²) in [6, 6.07) is 3.95. The van der Waals surface area contributed by atoms with Crippen molar-refractivity contribution in [2.75, 3.05) is 13.7 Å². The lowest BCUT2D eigenvalue weighted by molar-refractivity contribution is -0.145. The van der Waals surface area contributed by atoms with E-state index in [1.54, 1.807) is 16.2 Å². The fourth-order valence-corrected chi connectivity index (χ4v) is 2.56. The summed E-state index contributed by atoms with van der Waals surface area (Å²) < 4.78 is 4.65. The molecular formula is C11H13NO3S. The van der Waals surface area contributed by atoms with E-state index in [4.69, 9.17) is 0 Å². The molecule has 5 heteroatoms. The van der Waals surface area contributed by atoms with Crippen LogP contribution in [0.1, 0.15) is 11.3 Å². The van der Waals surface area contributed by atoms with Crippen molar-refractivity contribution < 1.29 is 14.3 Å². The van der Waals surface area contributed by atoms with Crippen molar-refractivity contribution >= 4 is 23.2 Å². The van der Waals surface area contributed by atoms with Crippen molar-refractivity contribution in [3.63, 3.8) is 0 Å². The largest absolute Gasteiger partial charge is 0.469 e. The molecule has 1 saturated heterocycles. The fraction of sp³-hybridized carbons (Fsp3) is 0.455. The van der Waals surface area contributed by atoms with E-state index in [-0.39, 0.29) is 24.2 Å². The van der Waals surface area contributed by atoms with Crippen LogP contribution in [-0.4, -0.2) is 30.4 Å². The van der Waals surface area contributed by atoms with Crippen LogP contribution in [0.5, 0.6) is 0 Å². The second-order valence-corrected chi connectivity index (χ2v) is 4.81. The Kier molecular flexibility index (Phi) is 3.24. The van der Waals surface area contributed by atoms with E-state index < -0.39 is 0 Å². The molecule has 0 spiro atoms. The Morgan fingerprint density at radius 1 is 1.69 bits per heavy atom. The summed E-state index contributed by atoms with van der Waals surface area (Å²) >= 11 is 1.62. The van der Waals surface area contributed by atoms with Crippen LogP contribution in [0.3, 0.4) is 0 Å².